The van der Waals surface area contributed by atoms with Gasteiger partial charge in [-0.05, 0) is 33.0 Å². The summed E-state index contributed by atoms with van der Waals surface area (Å²) in [6, 6.07) is 3.60. The van der Waals surface area contributed by atoms with E-state index in [9.17, 15) is 4.79 Å². The Balaban J connectivity index is 2.27. The van der Waals surface area contributed by atoms with Gasteiger partial charge in [0.2, 0.25) is 5.91 Å². The molecular weight excluding hydrogens is 220 g/mol. The van der Waals surface area contributed by atoms with E-state index >= 15 is 0 Å². The van der Waals surface area contributed by atoms with Crippen molar-refractivity contribution in [1.29, 1.82) is 0 Å². The largest absolute Gasteiger partial charge is 0.467 e. The topological polar surface area (TPSA) is 63.5 Å². The molecule has 1 aromatic heterocycles. The van der Waals surface area contributed by atoms with Crippen molar-refractivity contribution in [3.05, 3.63) is 24.2 Å². The third-order valence-corrected chi connectivity index (χ3v) is 2.31. The highest BCUT2D eigenvalue weighted by atomic mass is 16.5. The van der Waals surface area contributed by atoms with Crippen molar-refractivity contribution in [3.63, 3.8) is 0 Å². The number of amides is 1. The molecule has 0 bridgehead atoms. The van der Waals surface area contributed by atoms with Gasteiger partial charge in [0.25, 0.3) is 0 Å². The second-order valence-corrected chi connectivity index (χ2v) is 3.94. The van der Waals surface area contributed by atoms with Crippen molar-refractivity contribution >= 4 is 5.91 Å². The van der Waals surface area contributed by atoms with Crippen molar-refractivity contribution < 1.29 is 13.9 Å². The van der Waals surface area contributed by atoms with Crippen molar-refractivity contribution in [2.24, 2.45) is 0 Å². The van der Waals surface area contributed by atoms with Crippen LogP contribution < -0.4 is 10.6 Å². The zero-order valence-electron chi connectivity index (χ0n) is 10.5. The predicted molar refractivity (Wildman–Crippen MR) is 64.5 cm³/mol. The summed E-state index contributed by atoms with van der Waals surface area (Å²) in [7, 11) is 1.85. The van der Waals surface area contributed by atoms with Crippen molar-refractivity contribution in [1.82, 2.24) is 10.6 Å². The van der Waals surface area contributed by atoms with E-state index in [0.29, 0.717) is 6.54 Å². The molecule has 1 amide bonds. The van der Waals surface area contributed by atoms with E-state index < -0.39 is 6.10 Å². The fraction of sp³-hybridized carbons (Fsp3) is 0.583. The van der Waals surface area contributed by atoms with Crippen molar-refractivity contribution in [3.8, 4) is 0 Å². The first-order valence-corrected chi connectivity index (χ1v) is 5.73. The molecule has 0 spiro atoms. The van der Waals surface area contributed by atoms with Crippen LogP contribution in [0.15, 0.2) is 22.8 Å². The van der Waals surface area contributed by atoms with Crippen LogP contribution in [0.2, 0.25) is 0 Å². The summed E-state index contributed by atoms with van der Waals surface area (Å²) in [5, 5.41) is 5.75. The molecule has 2 unspecified atom stereocenters. The minimum absolute atomic E-state index is 0.00404. The molecule has 96 valence electrons. The summed E-state index contributed by atoms with van der Waals surface area (Å²) in [5.41, 5.74) is 0. The number of carbonyl (C=O) groups excluding carboxylic acids is 1. The van der Waals surface area contributed by atoms with Crippen LogP contribution in [0.25, 0.3) is 0 Å². The SMILES string of the molecule is CNCC(C)OC(C)C(=O)NCc1ccco1. The smallest absolute Gasteiger partial charge is 0.249 e. The highest BCUT2D eigenvalue weighted by Crippen LogP contribution is 2.01. The lowest BCUT2D eigenvalue weighted by atomic mass is 10.3. The predicted octanol–water partition coefficient (Wildman–Crippen LogP) is 0.909. The number of nitrogens with one attached hydrogen (secondary N) is 2. The number of hydrogen-bond acceptors (Lipinski definition) is 4. The van der Waals surface area contributed by atoms with Crippen molar-refractivity contribution in [2.45, 2.75) is 32.6 Å². The van der Waals surface area contributed by atoms with Crippen LogP contribution in [0.4, 0.5) is 0 Å². The van der Waals surface area contributed by atoms with E-state index in [2.05, 4.69) is 10.6 Å². The monoisotopic (exact) mass is 240 g/mol. The van der Waals surface area contributed by atoms with E-state index in [1.54, 1.807) is 19.3 Å². The quantitative estimate of drug-likeness (QED) is 0.743. The first-order chi connectivity index (χ1) is 8.13. The number of furan rings is 1. The maximum absolute atomic E-state index is 11.7. The molecule has 0 fully saturated rings. The zero-order valence-corrected chi connectivity index (χ0v) is 10.5. The minimum atomic E-state index is -0.465. The van der Waals surface area contributed by atoms with Gasteiger partial charge in [-0.15, -0.1) is 0 Å². The molecule has 0 aliphatic heterocycles. The Kier molecular flexibility index (Phi) is 5.72. The highest BCUT2D eigenvalue weighted by Gasteiger charge is 2.16. The highest BCUT2D eigenvalue weighted by molar-refractivity contribution is 5.80. The molecule has 0 saturated heterocycles. The minimum Gasteiger partial charge on any atom is -0.467 e. The number of likely N-dealkylation sites (N-methyl/N-ethyl adjacent to an activating group) is 1. The summed E-state index contributed by atoms with van der Waals surface area (Å²) in [5.74, 6) is 0.596. The van der Waals surface area contributed by atoms with Gasteiger partial charge in [0.1, 0.15) is 11.9 Å². The van der Waals surface area contributed by atoms with E-state index in [1.807, 2.05) is 20.0 Å². The lowest BCUT2D eigenvalue weighted by Gasteiger charge is -2.18. The molecule has 17 heavy (non-hydrogen) atoms. The maximum Gasteiger partial charge on any atom is 0.249 e. The second kappa shape index (κ2) is 7.09. The van der Waals surface area contributed by atoms with E-state index in [0.717, 1.165) is 12.3 Å². The van der Waals surface area contributed by atoms with E-state index in [1.165, 1.54) is 0 Å². The Morgan fingerprint density at radius 2 is 2.29 bits per heavy atom. The van der Waals surface area contributed by atoms with Crippen molar-refractivity contribution in [2.75, 3.05) is 13.6 Å². The summed E-state index contributed by atoms with van der Waals surface area (Å²) in [4.78, 5) is 11.7. The molecule has 1 rings (SSSR count). The Labute approximate surface area is 102 Å². The molecule has 1 aromatic rings. The molecular formula is C12H20N2O3. The lowest BCUT2D eigenvalue weighted by molar-refractivity contribution is -0.134. The van der Waals surface area contributed by atoms with Crippen LogP contribution in [0, 0.1) is 0 Å². The Morgan fingerprint density at radius 3 is 2.88 bits per heavy atom. The van der Waals surface area contributed by atoms with Gasteiger partial charge in [-0.3, -0.25) is 4.79 Å². The number of rotatable bonds is 7. The molecule has 0 saturated carbocycles. The molecule has 1 heterocycles. The van der Waals surface area contributed by atoms with Gasteiger partial charge in [-0.25, -0.2) is 0 Å². The number of hydrogen-bond donors (Lipinski definition) is 2. The van der Waals surface area contributed by atoms with Gasteiger partial charge < -0.3 is 19.8 Å². The number of ether oxygens (including phenoxy) is 1. The average Bonchev–Trinajstić information content (AvgIpc) is 2.78. The fourth-order valence-electron chi connectivity index (χ4n) is 1.48. The van der Waals surface area contributed by atoms with Gasteiger partial charge in [-0.1, -0.05) is 0 Å². The molecule has 0 radical (unpaired) electrons. The number of carbonyl (C=O) groups is 1. The lowest BCUT2D eigenvalue weighted by Crippen LogP contribution is -2.37. The van der Waals surface area contributed by atoms with E-state index in [-0.39, 0.29) is 12.0 Å². The summed E-state index contributed by atoms with van der Waals surface area (Å²) in [6.45, 7) is 4.77. The average molecular weight is 240 g/mol. The molecule has 2 atom stereocenters. The van der Waals surface area contributed by atoms with Crippen LogP contribution in [0.1, 0.15) is 19.6 Å². The zero-order chi connectivity index (χ0) is 12.7. The standard InChI is InChI=1S/C12H20N2O3/c1-9(7-13-3)17-10(2)12(15)14-8-11-5-4-6-16-11/h4-6,9-10,13H,7-8H2,1-3H3,(H,14,15). The molecule has 2 N–H and O–H groups in total. The van der Waals surface area contributed by atoms with Gasteiger partial charge in [0.15, 0.2) is 0 Å². The maximum atomic E-state index is 11.7. The second-order valence-electron chi connectivity index (χ2n) is 3.94. The van der Waals surface area contributed by atoms with Crippen LogP contribution >= 0.6 is 0 Å². The summed E-state index contributed by atoms with van der Waals surface area (Å²) in [6.07, 6.45) is 1.12. The molecule has 0 aromatic carbocycles. The third kappa shape index (κ3) is 5.01. The van der Waals surface area contributed by atoms with Gasteiger partial charge in [0.05, 0.1) is 18.9 Å². The van der Waals surface area contributed by atoms with E-state index in [4.69, 9.17) is 9.15 Å². The van der Waals surface area contributed by atoms with Crippen LogP contribution in [0.3, 0.4) is 0 Å². The Morgan fingerprint density at radius 1 is 1.53 bits per heavy atom. The summed E-state index contributed by atoms with van der Waals surface area (Å²) >= 11 is 0. The third-order valence-electron chi connectivity index (χ3n) is 2.31. The molecule has 5 nitrogen and oxygen atoms in total. The first-order valence-electron chi connectivity index (χ1n) is 5.73. The van der Waals surface area contributed by atoms with Gasteiger partial charge in [0, 0.05) is 6.54 Å². The van der Waals surface area contributed by atoms with Crippen LogP contribution in [-0.4, -0.2) is 31.7 Å². The molecule has 5 heteroatoms. The fourth-order valence-corrected chi connectivity index (χ4v) is 1.48. The molecule has 0 aliphatic carbocycles. The van der Waals surface area contributed by atoms with Gasteiger partial charge >= 0.3 is 0 Å². The van der Waals surface area contributed by atoms with Crippen LogP contribution in [0.5, 0.6) is 0 Å². The van der Waals surface area contributed by atoms with Gasteiger partial charge in [-0.2, -0.15) is 0 Å². The normalized spacial score (nSPS) is 14.3. The Hall–Kier alpha value is -1.33. The van der Waals surface area contributed by atoms with Crippen LogP contribution in [-0.2, 0) is 16.1 Å². The Bertz CT molecular complexity index is 325. The summed E-state index contributed by atoms with van der Waals surface area (Å²) < 4.78 is 10.6. The molecule has 0 aliphatic rings. The first kappa shape index (κ1) is 13.7.